The summed E-state index contributed by atoms with van der Waals surface area (Å²) >= 11 is 6.45. The normalized spacial score (nSPS) is 28.7. The molecule has 0 unspecified atom stereocenters. The Morgan fingerprint density at radius 1 is 1.19 bits per heavy atom. The highest BCUT2D eigenvalue weighted by Crippen LogP contribution is 2.47. The molecule has 2 aromatic carbocycles. The molecular weight excluding hydrogens is 708 g/mol. The molecule has 6 rings (SSSR count). The first-order valence-electron chi connectivity index (χ1n) is 18.0. The zero-order chi connectivity index (χ0) is 37.3. The van der Waals surface area contributed by atoms with Crippen molar-refractivity contribution in [2.24, 2.45) is 11.8 Å². The van der Waals surface area contributed by atoms with Gasteiger partial charge in [0.25, 0.3) is 5.91 Å². The molecule has 1 spiro atoms. The second-order valence-corrected chi connectivity index (χ2v) is 17.0. The van der Waals surface area contributed by atoms with Crippen molar-refractivity contribution in [1.29, 1.82) is 0 Å². The summed E-state index contributed by atoms with van der Waals surface area (Å²) in [5.41, 5.74) is 0.285. The first-order valence-corrected chi connectivity index (χ1v) is 19.9. The maximum absolute atomic E-state index is 14.1. The van der Waals surface area contributed by atoms with E-state index in [1.807, 2.05) is 22.9 Å². The average molecular weight is 759 g/mol. The molecule has 52 heavy (non-hydrogen) atoms. The third-order valence-corrected chi connectivity index (χ3v) is 13.2. The molecule has 2 aliphatic heterocycles. The fourth-order valence-corrected chi connectivity index (χ4v) is 9.28. The van der Waals surface area contributed by atoms with Crippen LogP contribution in [-0.4, -0.2) is 108 Å². The summed E-state index contributed by atoms with van der Waals surface area (Å²) < 4.78 is 47.1. The van der Waals surface area contributed by atoms with Crippen LogP contribution >= 0.6 is 11.6 Å². The maximum Gasteiger partial charge on any atom is 0.303 e. The van der Waals surface area contributed by atoms with Crippen LogP contribution in [0, 0.1) is 11.8 Å². The zero-order valence-corrected chi connectivity index (χ0v) is 32.0. The summed E-state index contributed by atoms with van der Waals surface area (Å²) in [4.78, 5) is 31.5. The van der Waals surface area contributed by atoms with E-state index in [2.05, 4.69) is 17.0 Å². The van der Waals surface area contributed by atoms with E-state index >= 15 is 0 Å². The molecule has 1 fully saturated rings. The molecule has 12 nitrogen and oxygen atoms in total. The number of aryl methyl sites for hydroxylation is 1. The quantitative estimate of drug-likeness (QED) is 0.405. The second kappa shape index (κ2) is 15.6. The van der Waals surface area contributed by atoms with Gasteiger partial charge >= 0.3 is 10.2 Å². The van der Waals surface area contributed by atoms with Gasteiger partial charge in [0.1, 0.15) is 5.75 Å². The second-order valence-electron chi connectivity index (χ2n) is 14.8. The van der Waals surface area contributed by atoms with Gasteiger partial charge in [0.05, 0.1) is 31.4 Å². The lowest BCUT2D eigenvalue weighted by Gasteiger charge is -2.46. The Morgan fingerprint density at radius 2 is 2.00 bits per heavy atom. The van der Waals surface area contributed by atoms with Crippen LogP contribution in [0.3, 0.4) is 0 Å². The van der Waals surface area contributed by atoms with Crippen LogP contribution in [0.4, 0.5) is 5.69 Å². The minimum atomic E-state index is -4.39. The van der Waals surface area contributed by atoms with Crippen molar-refractivity contribution in [1.82, 2.24) is 13.9 Å². The van der Waals surface area contributed by atoms with Crippen molar-refractivity contribution in [2.45, 2.75) is 62.1 Å². The van der Waals surface area contributed by atoms with Crippen LogP contribution in [0.15, 0.2) is 48.6 Å². The Bertz CT molecular complexity index is 1790. The standard InChI is InChI=1S/C38H51ClN4O8S/c1-41-17-6-5-9-33(50-4)30-13-10-27(30)23-43-24-37(16-7-8-26-20-29(39)12-14-31(26)37)25-51-34-15-11-28(21-32(34)43)38(46,22-35(41)44)36(45)40-52(47,48)42(2)18-19-49-3/h5,9,11-12,14-15,20-21,27,30,33,46H,6-8,10,13,16-19,22-25H2,1-4H3,(H,40,45)/b9-5-/t27-,30+,33-,37-,38+/m0/s1. The molecule has 284 valence electrons. The number of halogens is 1. The van der Waals surface area contributed by atoms with Gasteiger partial charge in [-0.2, -0.15) is 12.7 Å². The molecule has 2 amide bonds. The first-order chi connectivity index (χ1) is 24.8. The molecule has 2 bridgehead atoms. The Hall–Kier alpha value is -3.20. The molecule has 1 saturated carbocycles. The van der Waals surface area contributed by atoms with E-state index in [0.717, 1.165) is 36.4 Å². The minimum Gasteiger partial charge on any atom is -0.490 e. The van der Waals surface area contributed by atoms with E-state index < -0.39 is 34.0 Å². The topological polar surface area (TPSA) is 138 Å². The highest BCUT2D eigenvalue weighted by Gasteiger charge is 2.47. The number of ether oxygens (including phenoxy) is 3. The molecule has 4 aliphatic rings. The van der Waals surface area contributed by atoms with Crippen LogP contribution in [0.1, 0.15) is 55.2 Å². The summed E-state index contributed by atoms with van der Waals surface area (Å²) in [5.74, 6) is -0.593. The Labute approximate surface area is 312 Å². The van der Waals surface area contributed by atoms with Gasteiger partial charge in [-0.05, 0) is 91.3 Å². The molecule has 0 saturated heterocycles. The monoisotopic (exact) mass is 758 g/mol. The molecule has 14 heteroatoms. The number of carbonyl (C=O) groups is 2. The molecule has 2 aromatic rings. The molecule has 2 aliphatic carbocycles. The third-order valence-electron chi connectivity index (χ3n) is 11.5. The molecule has 0 radical (unpaired) electrons. The summed E-state index contributed by atoms with van der Waals surface area (Å²) in [5, 5.41) is 13.1. The van der Waals surface area contributed by atoms with E-state index in [1.54, 1.807) is 32.4 Å². The number of fused-ring (bicyclic) bond motifs is 4. The SMILES string of the molecule is COCCN(C)S(=O)(=O)NC(=O)[C@@]1(O)CC(=O)N(C)CC/C=C\[C@H](OC)[C@@H]2CC[C@H]2CN2C[C@@]3(CCCc4cc(Cl)ccc43)COc3ccc1cc32. The lowest BCUT2D eigenvalue weighted by Crippen LogP contribution is -2.52. The van der Waals surface area contributed by atoms with Gasteiger partial charge in [-0.1, -0.05) is 35.9 Å². The minimum absolute atomic E-state index is 0.0267. The zero-order valence-electron chi connectivity index (χ0n) is 30.5. The van der Waals surface area contributed by atoms with Crippen LogP contribution in [0.25, 0.3) is 0 Å². The number of amides is 2. The van der Waals surface area contributed by atoms with Gasteiger partial charge in [-0.25, -0.2) is 4.72 Å². The van der Waals surface area contributed by atoms with Crippen molar-refractivity contribution < 1.29 is 37.3 Å². The average Bonchev–Trinajstić information content (AvgIpc) is 3.25. The van der Waals surface area contributed by atoms with Crippen molar-refractivity contribution in [3.63, 3.8) is 0 Å². The largest absolute Gasteiger partial charge is 0.490 e. The predicted molar refractivity (Wildman–Crippen MR) is 199 cm³/mol. The number of methoxy groups -OCH3 is 2. The summed E-state index contributed by atoms with van der Waals surface area (Å²) in [7, 11) is 1.69. The van der Waals surface area contributed by atoms with E-state index in [0.29, 0.717) is 55.0 Å². The van der Waals surface area contributed by atoms with Crippen molar-refractivity contribution in [3.05, 3.63) is 70.3 Å². The van der Waals surface area contributed by atoms with Crippen molar-refractivity contribution in [3.8, 4) is 5.75 Å². The fourth-order valence-electron chi connectivity index (χ4n) is 8.21. The number of carbonyl (C=O) groups excluding carboxylic acids is 2. The molecule has 2 heterocycles. The lowest BCUT2D eigenvalue weighted by molar-refractivity contribution is -0.148. The Balaban J connectivity index is 1.45. The lowest BCUT2D eigenvalue weighted by atomic mass is 9.68. The van der Waals surface area contributed by atoms with Crippen LogP contribution in [0.5, 0.6) is 5.75 Å². The number of aliphatic hydroxyl groups is 1. The molecule has 5 atom stereocenters. The van der Waals surface area contributed by atoms with E-state index in [4.69, 9.17) is 25.8 Å². The summed E-state index contributed by atoms with van der Waals surface area (Å²) in [6.45, 7) is 2.10. The highest BCUT2D eigenvalue weighted by molar-refractivity contribution is 7.87. The van der Waals surface area contributed by atoms with Gasteiger partial charge in [0, 0.05) is 64.9 Å². The maximum atomic E-state index is 14.1. The van der Waals surface area contributed by atoms with Crippen molar-refractivity contribution >= 4 is 39.3 Å². The van der Waals surface area contributed by atoms with Crippen LogP contribution in [0.2, 0.25) is 5.02 Å². The van der Waals surface area contributed by atoms with E-state index in [9.17, 15) is 23.1 Å². The van der Waals surface area contributed by atoms with Gasteiger partial charge in [0.2, 0.25) is 5.91 Å². The van der Waals surface area contributed by atoms with Gasteiger partial charge < -0.3 is 29.1 Å². The van der Waals surface area contributed by atoms with Crippen LogP contribution in [-0.2, 0) is 46.7 Å². The number of benzene rings is 2. The Kier molecular flexibility index (Phi) is 11.6. The number of nitrogens with one attached hydrogen (secondary N) is 1. The molecule has 0 aromatic heterocycles. The molecule has 2 N–H and O–H groups in total. The summed E-state index contributed by atoms with van der Waals surface area (Å²) in [6.07, 6.45) is 8.70. The number of hydrogen-bond donors (Lipinski definition) is 2. The molecular formula is C38H51ClN4O8S. The number of anilines is 1. The predicted octanol–water partition coefficient (Wildman–Crippen LogP) is 3.79. The van der Waals surface area contributed by atoms with E-state index in [-0.39, 0.29) is 36.2 Å². The van der Waals surface area contributed by atoms with Gasteiger partial charge in [0.15, 0.2) is 5.60 Å². The highest BCUT2D eigenvalue weighted by atomic mass is 35.5. The third kappa shape index (κ3) is 7.72. The number of hydrogen-bond acceptors (Lipinski definition) is 9. The number of rotatable bonds is 7. The van der Waals surface area contributed by atoms with Crippen molar-refractivity contribution in [2.75, 3.05) is 72.6 Å². The van der Waals surface area contributed by atoms with Gasteiger partial charge in [-0.3, -0.25) is 9.59 Å². The number of nitrogens with zero attached hydrogens (tertiary/aromatic N) is 3. The van der Waals surface area contributed by atoms with E-state index in [1.165, 1.54) is 30.2 Å². The first kappa shape index (κ1) is 38.5. The Morgan fingerprint density at radius 3 is 2.73 bits per heavy atom. The smallest absolute Gasteiger partial charge is 0.303 e. The van der Waals surface area contributed by atoms with Crippen LogP contribution < -0.4 is 14.4 Å². The number of likely N-dealkylation sites (N-methyl/N-ethyl adjacent to an activating group) is 1. The van der Waals surface area contributed by atoms with Gasteiger partial charge in [-0.15, -0.1) is 0 Å². The summed E-state index contributed by atoms with van der Waals surface area (Å²) in [6, 6.07) is 11.1. The fraction of sp³-hybridized carbons (Fsp3) is 0.579.